The van der Waals surface area contributed by atoms with Crippen molar-refractivity contribution in [2.45, 2.75) is 43.5 Å². The fourth-order valence-corrected chi connectivity index (χ4v) is 8.12. The molecule has 0 saturated carbocycles. The van der Waals surface area contributed by atoms with Crippen molar-refractivity contribution in [2.24, 2.45) is 5.92 Å². The first-order valence-corrected chi connectivity index (χ1v) is 20.5. The van der Waals surface area contributed by atoms with E-state index in [1.165, 1.54) is 43.4 Å². The molecule has 15 heteroatoms. The van der Waals surface area contributed by atoms with Crippen molar-refractivity contribution in [3.05, 3.63) is 83.2 Å². The summed E-state index contributed by atoms with van der Waals surface area (Å²) in [4.78, 5) is 51.9. The first kappa shape index (κ1) is 40.2. The van der Waals surface area contributed by atoms with Crippen LogP contribution in [0.4, 0.5) is 10.2 Å². The smallest absolute Gasteiger partial charge is 0.254 e. The number of amides is 3. The number of ether oxygens (including phenoxy) is 3. The van der Waals surface area contributed by atoms with E-state index in [2.05, 4.69) is 10.2 Å². The van der Waals surface area contributed by atoms with Gasteiger partial charge in [0.2, 0.25) is 17.6 Å². The zero-order valence-corrected chi connectivity index (χ0v) is 33.0. The molecule has 1 N–H and O–H groups in total. The molecule has 4 aromatic rings. The summed E-state index contributed by atoms with van der Waals surface area (Å²) in [5.74, 6) is 0.580. The zero-order chi connectivity index (χ0) is 40.0. The number of hydrogen-bond acceptors (Lipinski definition) is 10. The summed E-state index contributed by atoms with van der Waals surface area (Å²) in [5, 5.41) is 3.70. The van der Waals surface area contributed by atoms with Crippen LogP contribution in [-0.2, 0) is 32.4 Å². The molecule has 298 valence electrons. The number of carbonyl (C=O) groups excluding carboxylic acids is 3. The summed E-state index contributed by atoms with van der Waals surface area (Å²) >= 11 is 0. The molecule has 3 heterocycles. The number of carbonyl (C=O) groups is 3. The van der Waals surface area contributed by atoms with Crippen molar-refractivity contribution >= 4 is 44.3 Å². The Bertz CT molecular complexity index is 2220. The van der Waals surface area contributed by atoms with Gasteiger partial charge in [-0.25, -0.2) is 17.8 Å². The first-order valence-electron chi connectivity index (χ1n) is 18.6. The summed E-state index contributed by atoms with van der Waals surface area (Å²) in [6, 6.07) is 15.6. The molecule has 6 rings (SSSR count). The highest BCUT2D eigenvalue weighted by molar-refractivity contribution is 7.90. The lowest BCUT2D eigenvalue weighted by atomic mass is 9.97. The molecule has 2 bridgehead atoms. The fourth-order valence-electron chi connectivity index (χ4n) is 7.45. The predicted molar refractivity (Wildman–Crippen MR) is 210 cm³/mol. The Morgan fingerprint density at radius 3 is 2.36 bits per heavy atom. The molecule has 3 aromatic carbocycles. The number of aromatic nitrogens is 1. The molecular weight excluding hydrogens is 742 g/mol. The molecule has 1 saturated heterocycles. The lowest BCUT2D eigenvalue weighted by Crippen LogP contribution is -2.46. The van der Waals surface area contributed by atoms with Gasteiger partial charge in [0, 0.05) is 68.1 Å². The van der Waals surface area contributed by atoms with Gasteiger partial charge in [0.05, 0.1) is 44.7 Å². The molecule has 3 amide bonds. The third-order valence-electron chi connectivity index (χ3n) is 10.3. The maximum Gasteiger partial charge on any atom is 0.254 e. The van der Waals surface area contributed by atoms with Gasteiger partial charge in [-0.05, 0) is 73.6 Å². The Morgan fingerprint density at radius 1 is 0.893 bits per heavy atom. The van der Waals surface area contributed by atoms with E-state index in [4.69, 9.17) is 19.2 Å². The average molecular weight is 790 g/mol. The Labute approximate surface area is 326 Å². The second-order valence-corrected chi connectivity index (χ2v) is 16.3. The zero-order valence-electron chi connectivity index (χ0n) is 32.2. The number of methoxy groups -OCH3 is 3. The molecule has 2 aliphatic rings. The Hall–Kier alpha value is -5.44. The van der Waals surface area contributed by atoms with Crippen LogP contribution in [-0.4, -0.2) is 108 Å². The standard InChI is InChI=1S/C41H48FN5O8S/c1-53-35-22-34-33(38(54-2)39(35)55-3)21-30-25-47(41(50)29-12-8-14-32(20-29)56(4,51)52)16-6-5-15-45(37(49)19-27-10-7-13-31(42)18-27)26-36(48)43-23-28-11-9-17-46(24-28)40(30)44-34/h7-8,10,12-14,18,20-22,28H,5-6,9,11,15-17,19,23-26H2,1-4H3,(H,43,48). The highest BCUT2D eigenvalue weighted by Crippen LogP contribution is 2.44. The minimum Gasteiger partial charge on any atom is -0.493 e. The number of piperidine rings is 1. The quantitative estimate of drug-likeness (QED) is 0.281. The van der Waals surface area contributed by atoms with E-state index in [-0.39, 0.29) is 66.7 Å². The van der Waals surface area contributed by atoms with Gasteiger partial charge in [-0.15, -0.1) is 0 Å². The molecular formula is C41H48FN5O8S. The highest BCUT2D eigenvalue weighted by Gasteiger charge is 2.29. The maximum atomic E-state index is 14.4. The summed E-state index contributed by atoms with van der Waals surface area (Å²) in [5.41, 5.74) is 2.05. The number of anilines is 1. The van der Waals surface area contributed by atoms with Crippen LogP contribution >= 0.6 is 0 Å². The molecule has 1 aromatic heterocycles. The van der Waals surface area contributed by atoms with Crippen LogP contribution in [0.2, 0.25) is 0 Å². The van der Waals surface area contributed by atoms with Crippen molar-refractivity contribution in [3.63, 3.8) is 0 Å². The van der Waals surface area contributed by atoms with E-state index >= 15 is 0 Å². The van der Waals surface area contributed by atoms with Crippen molar-refractivity contribution < 1.29 is 41.4 Å². The Kier molecular flexibility index (Phi) is 12.6. The van der Waals surface area contributed by atoms with Crippen LogP contribution in [0.15, 0.2) is 65.6 Å². The molecule has 0 radical (unpaired) electrons. The normalized spacial score (nSPS) is 17.2. The van der Waals surface area contributed by atoms with Crippen molar-refractivity contribution in [1.82, 2.24) is 20.1 Å². The lowest BCUT2D eigenvalue weighted by molar-refractivity contribution is -0.135. The van der Waals surface area contributed by atoms with Gasteiger partial charge in [0.15, 0.2) is 21.3 Å². The number of hydrogen-bond donors (Lipinski definition) is 1. The average Bonchev–Trinajstić information content (AvgIpc) is 3.18. The van der Waals surface area contributed by atoms with Gasteiger partial charge < -0.3 is 34.2 Å². The van der Waals surface area contributed by atoms with Gasteiger partial charge in [-0.3, -0.25) is 14.4 Å². The fraction of sp³-hybridized carbons (Fsp3) is 0.415. The lowest BCUT2D eigenvalue weighted by Gasteiger charge is -2.36. The summed E-state index contributed by atoms with van der Waals surface area (Å²) in [6.45, 7) is 2.09. The summed E-state index contributed by atoms with van der Waals surface area (Å²) in [7, 11) is 1.01. The van der Waals surface area contributed by atoms with Gasteiger partial charge in [0.1, 0.15) is 11.6 Å². The highest BCUT2D eigenvalue weighted by atomic mass is 32.2. The first-order chi connectivity index (χ1) is 26.9. The van der Waals surface area contributed by atoms with E-state index in [1.807, 2.05) is 6.07 Å². The molecule has 56 heavy (non-hydrogen) atoms. The maximum absolute atomic E-state index is 14.4. The molecule has 1 fully saturated rings. The third-order valence-corrected chi connectivity index (χ3v) is 11.4. The summed E-state index contributed by atoms with van der Waals surface area (Å²) < 4.78 is 56.1. The van der Waals surface area contributed by atoms with Crippen LogP contribution in [0.3, 0.4) is 0 Å². The largest absolute Gasteiger partial charge is 0.493 e. The minimum atomic E-state index is -3.60. The number of halogens is 1. The van der Waals surface area contributed by atoms with Crippen molar-refractivity contribution in [1.29, 1.82) is 0 Å². The van der Waals surface area contributed by atoms with Gasteiger partial charge in [0.25, 0.3) is 5.91 Å². The number of sulfone groups is 1. The topological polar surface area (TPSA) is 148 Å². The minimum absolute atomic E-state index is 0.0293. The molecule has 2 aliphatic heterocycles. The number of pyridine rings is 1. The van der Waals surface area contributed by atoms with Crippen LogP contribution in [0.25, 0.3) is 10.9 Å². The molecule has 0 aliphatic carbocycles. The van der Waals surface area contributed by atoms with Gasteiger partial charge in [-0.1, -0.05) is 18.2 Å². The Morgan fingerprint density at radius 2 is 1.64 bits per heavy atom. The molecule has 1 atom stereocenters. The monoisotopic (exact) mass is 789 g/mol. The molecule has 1 unspecified atom stereocenters. The summed E-state index contributed by atoms with van der Waals surface area (Å²) in [6.07, 6.45) is 3.61. The third kappa shape index (κ3) is 9.32. The number of benzene rings is 3. The molecule has 13 nitrogen and oxygen atoms in total. The van der Waals surface area contributed by atoms with E-state index in [0.29, 0.717) is 72.0 Å². The van der Waals surface area contributed by atoms with Crippen LogP contribution < -0.4 is 24.4 Å². The second-order valence-electron chi connectivity index (χ2n) is 14.3. The Balaban J connectivity index is 1.41. The van der Waals surface area contributed by atoms with Crippen molar-refractivity contribution in [3.8, 4) is 17.2 Å². The number of rotatable bonds is 7. The van der Waals surface area contributed by atoms with E-state index < -0.39 is 15.7 Å². The molecule has 0 spiro atoms. The van der Waals surface area contributed by atoms with Gasteiger partial charge >= 0.3 is 0 Å². The van der Waals surface area contributed by atoms with Crippen LogP contribution in [0.5, 0.6) is 17.2 Å². The number of nitrogens with one attached hydrogen (secondary N) is 1. The number of fused-ring (bicyclic) bond motifs is 5. The van der Waals surface area contributed by atoms with E-state index in [1.54, 1.807) is 42.3 Å². The predicted octanol–water partition coefficient (Wildman–Crippen LogP) is 4.64. The SMILES string of the molecule is COc1cc2nc3c(cc2c(OC)c1OC)CN(C(=O)c1cccc(S(C)(=O)=O)c1)CCCCN(C(=O)Cc1cccc(F)c1)CC(=O)NCC1CCCN3C1. The van der Waals surface area contributed by atoms with Crippen LogP contribution in [0.1, 0.15) is 47.2 Å². The second kappa shape index (κ2) is 17.6. The number of nitrogens with zero attached hydrogens (tertiary/aromatic N) is 4. The van der Waals surface area contributed by atoms with Crippen LogP contribution in [0, 0.1) is 11.7 Å². The van der Waals surface area contributed by atoms with E-state index in [9.17, 15) is 27.2 Å². The van der Waals surface area contributed by atoms with Crippen molar-refractivity contribution in [2.75, 3.05) is 71.8 Å². The van der Waals surface area contributed by atoms with E-state index in [0.717, 1.165) is 24.7 Å². The van der Waals surface area contributed by atoms with Gasteiger partial charge in [-0.2, -0.15) is 0 Å².